The second kappa shape index (κ2) is 13.1. The van der Waals surface area contributed by atoms with Gasteiger partial charge >= 0.3 is 5.97 Å². The van der Waals surface area contributed by atoms with Gasteiger partial charge in [-0.05, 0) is 53.6 Å². The first kappa shape index (κ1) is 31.6. The lowest BCUT2D eigenvalue weighted by Crippen LogP contribution is -2.49. The molecule has 0 spiro atoms. The third kappa shape index (κ3) is 6.36. The number of halogens is 2. The summed E-state index contributed by atoms with van der Waals surface area (Å²) in [6, 6.07) is 16.5. The molecule has 3 aromatic carbocycles. The highest BCUT2D eigenvalue weighted by Crippen LogP contribution is 2.49. The molecule has 44 heavy (non-hydrogen) atoms. The first-order valence-corrected chi connectivity index (χ1v) is 15.5. The predicted molar refractivity (Wildman–Crippen MR) is 166 cm³/mol. The van der Waals surface area contributed by atoms with Crippen molar-refractivity contribution in [3.05, 3.63) is 89.5 Å². The smallest absolute Gasteiger partial charge is 0.326 e. The van der Waals surface area contributed by atoms with E-state index in [9.17, 15) is 23.5 Å². The van der Waals surface area contributed by atoms with Gasteiger partial charge in [0, 0.05) is 41.6 Å². The lowest BCUT2D eigenvalue weighted by molar-refractivity contribution is -0.154. The average molecular weight is 605 g/mol. The van der Waals surface area contributed by atoms with Crippen LogP contribution in [-0.4, -0.2) is 41.1 Å². The number of nitrogens with zero attached hydrogens (tertiary/aromatic N) is 1. The molecule has 1 aliphatic carbocycles. The maximum atomic E-state index is 14.7. The molecule has 1 aliphatic heterocycles. The summed E-state index contributed by atoms with van der Waals surface area (Å²) in [7, 11) is 1.56. The minimum atomic E-state index is -1.02. The van der Waals surface area contributed by atoms with E-state index in [1.54, 1.807) is 30.2 Å². The largest absolute Gasteiger partial charge is 0.496 e. The molecule has 5 rings (SSSR count). The first-order valence-electron chi connectivity index (χ1n) is 15.5. The summed E-state index contributed by atoms with van der Waals surface area (Å²) < 4.78 is 34.0. The summed E-state index contributed by atoms with van der Waals surface area (Å²) in [5.74, 6) is -2.46. The van der Waals surface area contributed by atoms with Crippen molar-refractivity contribution < 1.29 is 28.2 Å². The van der Waals surface area contributed by atoms with E-state index in [0.29, 0.717) is 11.3 Å². The fourth-order valence-electron chi connectivity index (χ4n) is 7.32. The second-order valence-electron chi connectivity index (χ2n) is 13.2. The van der Waals surface area contributed by atoms with Crippen LogP contribution in [0.2, 0.25) is 0 Å². The van der Waals surface area contributed by atoms with Gasteiger partial charge in [-0.3, -0.25) is 4.79 Å². The number of amides is 1. The Hall–Kier alpha value is -3.78. The van der Waals surface area contributed by atoms with Crippen LogP contribution in [0.15, 0.2) is 66.7 Å². The van der Waals surface area contributed by atoms with E-state index < -0.39 is 47.1 Å². The number of nitrogens with one attached hydrogen (secondary N) is 1. The molecule has 3 aromatic rings. The second-order valence-corrected chi connectivity index (χ2v) is 13.2. The van der Waals surface area contributed by atoms with Gasteiger partial charge in [-0.2, -0.15) is 0 Å². The van der Waals surface area contributed by atoms with Gasteiger partial charge in [-0.15, -0.1) is 0 Å². The van der Waals surface area contributed by atoms with Crippen LogP contribution in [-0.2, 0) is 16.1 Å². The number of likely N-dealkylation sites (tertiary alicyclic amines) is 1. The number of rotatable bonds is 8. The summed E-state index contributed by atoms with van der Waals surface area (Å²) in [4.78, 5) is 29.1. The Kier molecular flexibility index (Phi) is 9.39. The highest BCUT2D eigenvalue weighted by atomic mass is 19.1. The molecule has 1 amide bonds. The quantitative estimate of drug-likeness (QED) is 0.281. The molecule has 0 radical (unpaired) electrons. The van der Waals surface area contributed by atoms with Crippen molar-refractivity contribution in [1.82, 2.24) is 10.2 Å². The number of ether oxygens (including phenoxy) is 1. The molecule has 1 heterocycles. The molecule has 0 unspecified atom stereocenters. The molecule has 1 saturated carbocycles. The van der Waals surface area contributed by atoms with Crippen LogP contribution in [0.1, 0.15) is 70.0 Å². The molecule has 2 N–H and O–H groups in total. The zero-order valence-corrected chi connectivity index (χ0v) is 25.9. The Bertz CT molecular complexity index is 1480. The van der Waals surface area contributed by atoms with Gasteiger partial charge in [0.2, 0.25) is 5.91 Å². The van der Waals surface area contributed by atoms with Crippen LogP contribution in [0.4, 0.5) is 8.78 Å². The van der Waals surface area contributed by atoms with Crippen molar-refractivity contribution >= 4 is 11.9 Å². The lowest BCUT2D eigenvalue weighted by Gasteiger charge is -2.36. The van der Waals surface area contributed by atoms with Crippen molar-refractivity contribution in [2.75, 3.05) is 7.11 Å². The number of carbonyl (C=O) groups excluding carboxylic acids is 1. The van der Waals surface area contributed by atoms with Crippen LogP contribution in [0, 0.1) is 28.9 Å². The fraction of sp³-hybridized carbons (Fsp3) is 0.444. The molecule has 2 aliphatic rings. The number of carbonyl (C=O) groups is 2. The molecular weight excluding hydrogens is 562 g/mol. The van der Waals surface area contributed by atoms with Gasteiger partial charge in [0.25, 0.3) is 0 Å². The van der Waals surface area contributed by atoms with Crippen LogP contribution < -0.4 is 10.1 Å². The molecule has 0 bridgehead atoms. The highest BCUT2D eigenvalue weighted by Gasteiger charge is 2.58. The summed E-state index contributed by atoms with van der Waals surface area (Å²) in [5, 5.41) is 14.4. The Morgan fingerprint density at radius 1 is 0.977 bits per heavy atom. The molecule has 0 aromatic heterocycles. The summed E-state index contributed by atoms with van der Waals surface area (Å²) in [6.45, 7) is 6.35. The van der Waals surface area contributed by atoms with E-state index in [4.69, 9.17) is 4.74 Å². The van der Waals surface area contributed by atoms with E-state index in [1.165, 1.54) is 12.1 Å². The van der Waals surface area contributed by atoms with Crippen molar-refractivity contribution in [3.8, 4) is 16.9 Å². The maximum absolute atomic E-state index is 14.7. The number of carboxylic acids is 1. The lowest BCUT2D eigenvalue weighted by atomic mass is 9.72. The van der Waals surface area contributed by atoms with Gasteiger partial charge in [-0.1, -0.05) is 76.4 Å². The van der Waals surface area contributed by atoms with Gasteiger partial charge in [0.1, 0.15) is 23.4 Å². The average Bonchev–Trinajstić information content (AvgIpc) is 3.36. The molecular formula is C36H42F2N2O4. The Labute approximate surface area is 258 Å². The Morgan fingerprint density at radius 2 is 1.68 bits per heavy atom. The normalized spacial score (nSPS) is 22.6. The van der Waals surface area contributed by atoms with E-state index >= 15 is 0 Å². The van der Waals surface area contributed by atoms with Gasteiger partial charge < -0.3 is 20.1 Å². The first-order chi connectivity index (χ1) is 21.0. The topological polar surface area (TPSA) is 78.9 Å². The number of carboxylic acid groups (broad SMARTS) is 1. The van der Waals surface area contributed by atoms with E-state index in [1.807, 2.05) is 51.1 Å². The Balaban J connectivity index is 1.57. The zero-order chi connectivity index (χ0) is 31.6. The summed E-state index contributed by atoms with van der Waals surface area (Å²) in [5.41, 5.74) is 1.97. The van der Waals surface area contributed by atoms with Crippen molar-refractivity contribution in [1.29, 1.82) is 0 Å². The number of benzene rings is 3. The van der Waals surface area contributed by atoms with Crippen LogP contribution in [0.3, 0.4) is 0 Å². The Morgan fingerprint density at radius 3 is 2.30 bits per heavy atom. The van der Waals surface area contributed by atoms with E-state index in [0.717, 1.165) is 49.3 Å². The van der Waals surface area contributed by atoms with Crippen molar-refractivity contribution in [3.63, 3.8) is 0 Å². The highest BCUT2D eigenvalue weighted by molar-refractivity contribution is 5.87. The molecule has 4 atom stereocenters. The number of aliphatic carboxylic acids is 1. The van der Waals surface area contributed by atoms with Crippen LogP contribution >= 0.6 is 0 Å². The molecule has 234 valence electrons. The standard InChI is InChI=1S/C36H42F2N2O4/c1-36(2,3)30-31(39-21-25-19-24(15-18-29(25)44-4)27-17-16-26(37)20-28(27)38)32(22-11-7-5-8-12-22)40(33(30)35(42)43)34(41)23-13-9-6-10-14-23/h5,7-8,11-12,15-20,23,30-33,39H,6,9-10,13-14,21H2,1-4H3,(H,42,43)/t30-,31-,32-,33-/m0/s1. The van der Waals surface area contributed by atoms with Gasteiger partial charge in [0.15, 0.2) is 0 Å². The number of hydrogen-bond donors (Lipinski definition) is 2. The fourth-order valence-corrected chi connectivity index (χ4v) is 7.32. The number of hydrogen-bond acceptors (Lipinski definition) is 4. The predicted octanol–water partition coefficient (Wildman–Crippen LogP) is 7.38. The molecule has 2 fully saturated rings. The minimum absolute atomic E-state index is 0.0872. The minimum Gasteiger partial charge on any atom is -0.496 e. The molecule has 1 saturated heterocycles. The van der Waals surface area contributed by atoms with E-state index in [-0.39, 0.29) is 23.9 Å². The zero-order valence-electron chi connectivity index (χ0n) is 25.9. The monoisotopic (exact) mass is 604 g/mol. The summed E-state index contributed by atoms with van der Waals surface area (Å²) >= 11 is 0. The van der Waals surface area contributed by atoms with Crippen LogP contribution in [0.5, 0.6) is 5.75 Å². The van der Waals surface area contributed by atoms with Crippen LogP contribution in [0.25, 0.3) is 11.1 Å². The molecule has 6 nitrogen and oxygen atoms in total. The van der Waals surface area contributed by atoms with Gasteiger partial charge in [0.05, 0.1) is 13.2 Å². The number of methoxy groups -OCH3 is 1. The third-order valence-corrected chi connectivity index (χ3v) is 9.32. The summed E-state index contributed by atoms with van der Waals surface area (Å²) in [6.07, 6.45) is 4.56. The maximum Gasteiger partial charge on any atom is 0.326 e. The molecule has 8 heteroatoms. The van der Waals surface area contributed by atoms with Crippen molar-refractivity contribution in [2.24, 2.45) is 17.3 Å². The SMILES string of the molecule is COc1ccc(-c2ccc(F)cc2F)cc1CN[C@H]1[C@H](C(C)(C)C)[C@@H](C(=O)O)N(C(=O)C2CCCCC2)[C@H]1c1ccccc1. The van der Waals surface area contributed by atoms with Gasteiger partial charge in [-0.25, -0.2) is 13.6 Å². The van der Waals surface area contributed by atoms with E-state index in [2.05, 4.69) is 5.32 Å². The van der Waals surface area contributed by atoms with Crippen molar-refractivity contribution in [2.45, 2.75) is 77.5 Å². The third-order valence-electron chi connectivity index (χ3n) is 9.32.